The minimum atomic E-state index is -0.612. The SMILES string of the molecule is Cc1ccc2cc(-c3ccccc3NC(=O)OC(C)(C)C)c(=O)oc2c1. The lowest BCUT2D eigenvalue weighted by Gasteiger charge is -2.20. The second kappa shape index (κ2) is 6.67. The van der Waals surface area contributed by atoms with Gasteiger partial charge in [0, 0.05) is 10.9 Å². The normalized spacial score (nSPS) is 11.4. The fourth-order valence-corrected chi connectivity index (χ4v) is 2.65. The number of benzene rings is 2. The molecule has 0 aliphatic rings. The zero-order valence-corrected chi connectivity index (χ0v) is 15.3. The Labute approximate surface area is 151 Å². The van der Waals surface area contributed by atoms with Crippen molar-refractivity contribution in [2.75, 3.05) is 5.32 Å². The van der Waals surface area contributed by atoms with Gasteiger partial charge in [0.15, 0.2) is 0 Å². The number of nitrogens with one attached hydrogen (secondary N) is 1. The second-order valence-corrected chi connectivity index (χ2v) is 7.16. The van der Waals surface area contributed by atoms with Gasteiger partial charge in [-0.1, -0.05) is 30.3 Å². The van der Waals surface area contributed by atoms with Crippen LogP contribution in [-0.4, -0.2) is 11.7 Å². The second-order valence-electron chi connectivity index (χ2n) is 7.16. The lowest BCUT2D eigenvalue weighted by Crippen LogP contribution is -2.27. The van der Waals surface area contributed by atoms with E-state index in [2.05, 4.69) is 5.32 Å². The molecule has 0 bridgehead atoms. The van der Waals surface area contributed by atoms with E-state index in [1.54, 1.807) is 51.1 Å². The Kier molecular flexibility index (Phi) is 4.55. The predicted molar refractivity (Wildman–Crippen MR) is 103 cm³/mol. The molecule has 0 fully saturated rings. The maximum absolute atomic E-state index is 12.5. The molecule has 3 rings (SSSR count). The first-order valence-electron chi connectivity index (χ1n) is 8.37. The monoisotopic (exact) mass is 351 g/mol. The molecule has 1 heterocycles. The van der Waals surface area contributed by atoms with Crippen LogP contribution in [0.3, 0.4) is 0 Å². The first kappa shape index (κ1) is 17.7. The number of hydrogen-bond acceptors (Lipinski definition) is 4. The lowest BCUT2D eigenvalue weighted by atomic mass is 10.0. The average Bonchev–Trinajstić information content (AvgIpc) is 2.53. The van der Waals surface area contributed by atoms with Gasteiger partial charge in [0.25, 0.3) is 0 Å². The number of carbonyl (C=O) groups excluding carboxylic acids is 1. The van der Waals surface area contributed by atoms with Gasteiger partial charge in [-0.15, -0.1) is 0 Å². The average molecular weight is 351 g/mol. The number of anilines is 1. The van der Waals surface area contributed by atoms with Crippen molar-refractivity contribution in [2.24, 2.45) is 0 Å². The molecule has 5 heteroatoms. The van der Waals surface area contributed by atoms with E-state index in [9.17, 15) is 9.59 Å². The summed E-state index contributed by atoms with van der Waals surface area (Å²) < 4.78 is 10.8. The Morgan fingerprint density at radius 2 is 1.77 bits per heavy atom. The fraction of sp³-hybridized carbons (Fsp3) is 0.238. The Morgan fingerprint density at radius 3 is 2.50 bits per heavy atom. The van der Waals surface area contributed by atoms with Crippen molar-refractivity contribution in [1.82, 2.24) is 0 Å². The number of carbonyl (C=O) groups is 1. The van der Waals surface area contributed by atoms with E-state index in [0.29, 0.717) is 22.4 Å². The summed E-state index contributed by atoms with van der Waals surface area (Å²) >= 11 is 0. The minimum absolute atomic E-state index is 0.382. The zero-order valence-electron chi connectivity index (χ0n) is 15.3. The van der Waals surface area contributed by atoms with Gasteiger partial charge in [-0.05, 0) is 51.5 Å². The van der Waals surface area contributed by atoms with Crippen molar-refractivity contribution in [3.8, 4) is 11.1 Å². The third kappa shape index (κ3) is 3.94. The quantitative estimate of drug-likeness (QED) is 0.651. The highest BCUT2D eigenvalue weighted by atomic mass is 16.6. The molecule has 0 aliphatic carbocycles. The highest BCUT2D eigenvalue weighted by Gasteiger charge is 2.18. The Hall–Kier alpha value is -3.08. The highest BCUT2D eigenvalue weighted by Crippen LogP contribution is 2.28. The molecule has 0 radical (unpaired) electrons. The van der Waals surface area contributed by atoms with Gasteiger partial charge in [0.2, 0.25) is 0 Å². The number of rotatable bonds is 2. The van der Waals surface area contributed by atoms with Crippen molar-refractivity contribution in [1.29, 1.82) is 0 Å². The molecule has 134 valence electrons. The Morgan fingerprint density at radius 1 is 1.04 bits per heavy atom. The third-order valence-corrected chi connectivity index (χ3v) is 3.74. The van der Waals surface area contributed by atoms with Crippen LogP contribution in [0.2, 0.25) is 0 Å². The van der Waals surface area contributed by atoms with Crippen LogP contribution in [0, 0.1) is 6.92 Å². The van der Waals surface area contributed by atoms with Gasteiger partial charge in [-0.25, -0.2) is 9.59 Å². The van der Waals surface area contributed by atoms with Gasteiger partial charge >= 0.3 is 11.7 Å². The summed E-state index contributed by atoms with van der Waals surface area (Å²) in [7, 11) is 0. The molecule has 0 aliphatic heterocycles. The maximum atomic E-state index is 12.5. The van der Waals surface area contributed by atoms with Crippen LogP contribution in [0.1, 0.15) is 26.3 Å². The summed E-state index contributed by atoms with van der Waals surface area (Å²) in [5.74, 6) is 0. The Balaban J connectivity index is 2.04. The predicted octanol–water partition coefficient (Wildman–Crippen LogP) is 5.12. The minimum Gasteiger partial charge on any atom is -0.444 e. The number of ether oxygens (including phenoxy) is 1. The van der Waals surface area contributed by atoms with Crippen LogP contribution in [0.15, 0.2) is 57.7 Å². The summed E-state index contributed by atoms with van der Waals surface area (Å²) in [6, 6.07) is 14.5. The van der Waals surface area contributed by atoms with Crippen LogP contribution < -0.4 is 10.9 Å². The molecule has 3 aromatic rings. The van der Waals surface area contributed by atoms with Gasteiger partial charge < -0.3 is 9.15 Å². The largest absolute Gasteiger partial charge is 0.444 e. The van der Waals surface area contributed by atoms with Crippen molar-refractivity contribution < 1.29 is 13.9 Å². The maximum Gasteiger partial charge on any atom is 0.412 e. The van der Waals surface area contributed by atoms with Crippen LogP contribution in [0.25, 0.3) is 22.1 Å². The summed E-state index contributed by atoms with van der Waals surface area (Å²) in [4.78, 5) is 24.6. The number of aryl methyl sites for hydroxylation is 1. The van der Waals surface area contributed by atoms with Crippen molar-refractivity contribution >= 4 is 22.7 Å². The Bertz CT molecular complexity index is 1030. The first-order chi connectivity index (χ1) is 12.2. The lowest BCUT2D eigenvalue weighted by molar-refractivity contribution is 0.0636. The molecular formula is C21H21NO4. The van der Waals surface area contributed by atoms with Crippen LogP contribution in [-0.2, 0) is 4.74 Å². The fourth-order valence-electron chi connectivity index (χ4n) is 2.65. The van der Waals surface area contributed by atoms with Gasteiger partial charge in [0.1, 0.15) is 11.2 Å². The first-order valence-corrected chi connectivity index (χ1v) is 8.37. The van der Waals surface area contributed by atoms with Gasteiger partial charge in [-0.2, -0.15) is 0 Å². The third-order valence-electron chi connectivity index (χ3n) is 3.74. The topological polar surface area (TPSA) is 68.5 Å². The smallest absolute Gasteiger partial charge is 0.412 e. The standard InChI is InChI=1S/C21H21NO4/c1-13-9-10-14-12-16(19(23)25-18(14)11-13)15-7-5-6-8-17(15)22-20(24)26-21(2,3)4/h5-12H,1-4H3,(H,22,24). The van der Waals surface area contributed by atoms with Gasteiger partial charge in [-0.3, -0.25) is 5.32 Å². The number of amides is 1. The van der Waals surface area contributed by atoms with Crippen molar-refractivity contribution in [2.45, 2.75) is 33.3 Å². The van der Waals surface area contributed by atoms with Crippen LogP contribution in [0.4, 0.5) is 10.5 Å². The molecule has 0 unspecified atom stereocenters. The molecule has 0 spiro atoms. The molecule has 5 nitrogen and oxygen atoms in total. The van der Waals surface area contributed by atoms with Crippen molar-refractivity contribution in [3.05, 3.63) is 64.5 Å². The van der Waals surface area contributed by atoms with Crippen molar-refractivity contribution in [3.63, 3.8) is 0 Å². The highest BCUT2D eigenvalue weighted by molar-refractivity contribution is 5.93. The molecular weight excluding hydrogens is 330 g/mol. The van der Waals surface area contributed by atoms with Crippen LogP contribution >= 0.6 is 0 Å². The summed E-state index contributed by atoms with van der Waals surface area (Å²) in [5.41, 5.74) is 1.93. The molecule has 1 N–H and O–H groups in total. The summed E-state index contributed by atoms with van der Waals surface area (Å²) in [6.07, 6.45) is -0.578. The molecule has 1 amide bonds. The number of fused-ring (bicyclic) bond motifs is 1. The van der Waals surface area contributed by atoms with E-state index < -0.39 is 17.3 Å². The van der Waals surface area contributed by atoms with E-state index in [0.717, 1.165) is 10.9 Å². The number of hydrogen-bond donors (Lipinski definition) is 1. The van der Waals surface area contributed by atoms with E-state index in [1.165, 1.54) is 0 Å². The zero-order chi connectivity index (χ0) is 18.9. The summed E-state index contributed by atoms with van der Waals surface area (Å²) in [5, 5.41) is 3.53. The molecule has 1 aromatic heterocycles. The van der Waals surface area contributed by atoms with E-state index in [-0.39, 0.29) is 0 Å². The molecule has 26 heavy (non-hydrogen) atoms. The molecule has 0 saturated carbocycles. The molecule has 2 aromatic carbocycles. The van der Waals surface area contributed by atoms with Crippen LogP contribution in [0.5, 0.6) is 0 Å². The molecule has 0 atom stereocenters. The summed E-state index contributed by atoms with van der Waals surface area (Å²) in [6.45, 7) is 7.31. The van der Waals surface area contributed by atoms with Gasteiger partial charge in [0.05, 0.1) is 11.3 Å². The molecule has 0 saturated heterocycles. The van der Waals surface area contributed by atoms with E-state index in [1.807, 2.05) is 25.1 Å². The number of para-hydroxylation sites is 1. The van der Waals surface area contributed by atoms with E-state index >= 15 is 0 Å². The van der Waals surface area contributed by atoms with E-state index in [4.69, 9.17) is 9.15 Å².